The Bertz CT molecular complexity index is 881. The van der Waals surface area contributed by atoms with E-state index in [1.54, 1.807) is 0 Å². The fourth-order valence-electron chi connectivity index (χ4n) is 7.76. The van der Waals surface area contributed by atoms with Crippen LogP contribution >= 0.6 is 0 Å². The predicted molar refractivity (Wildman–Crippen MR) is 144 cm³/mol. The molecular formula is C30H48N2O4. The van der Waals surface area contributed by atoms with Gasteiger partial charge in [-0.2, -0.15) is 0 Å². The zero-order valence-corrected chi connectivity index (χ0v) is 23.8. The Hall–Kier alpha value is -1.92. The summed E-state index contributed by atoms with van der Waals surface area (Å²) in [6, 6.07) is 9.46. The summed E-state index contributed by atoms with van der Waals surface area (Å²) in [5, 5.41) is 18.1. The van der Waals surface area contributed by atoms with E-state index in [0.29, 0.717) is 0 Å². The molecule has 0 amide bonds. The number of ether oxygens (including phenoxy) is 1. The van der Waals surface area contributed by atoms with Crippen LogP contribution in [0.25, 0.3) is 0 Å². The number of piperidine rings is 2. The normalized spacial score (nSPS) is 24.6. The molecule has 0 saturated carbocycles. The lowest BCUT2D eigenvalue weighted by molar-refractivity contribution is -0.177. The summed E-state index contributed by atoms with van der Waals surface area (Å²) < 4.78 is 5.74. The van der Waals surface area contributed by atoms with Crippen molar-refractivity contribution in [3.8, 4) is 0 Å². The van der Waals surface area contributed by atoms with Crippen molar-refractivity contribution in [2.45, 2.75) is 117 Å². The van der Waals surface area contributed by atoms with E-state index < -0.39 is 23.3 Å². The van der Waals surface area contributed by atoms with Crippen LogP contribution in [0.4, 0.5) is 0 Å². The van der Waals surface area contributed by atoms with Crippen LogP contribution in [0.5, 0.6) is 0 Å². The summed E-state index contributed by atoms with van der Waals surface area (Å²) in [5.74, 6) is -2.89. The average Bonchev–Trinajstić information content (AvgIpc) is 2.68. The van der Waals surface area contributed by atoms with E-state index in [9.17, 15) is 14.7 Å². The third-order valence-electron chi connectivity index (χ3n) is 8.47. The lowest BCUT2D eigenvalue weighted by atomic mass is 9.51. The minimum atomic E-state index is -1.24. The standard InChI is InChI=1S/C30H48N2O4/c1-26(2)15-21(16-27(3,4)31-26)30(9,22-17-28(5,6)32-29(7,8)18-22)23(24(33)34)25(35)36-19-20-13-11-10-12-14-20/h10-14,21-23,31-32H,15-19H2,1-9H3,(H,33,34). The average molecular weight is 501 g/mol. The van der Waals surface area contributed by atoms with E-state index >= 15 is 0 Å². The number of hydrogen-bond donors (Lipinski definition) is 3. The number of esters is 1. The number of carbonyl (C=O) groups is 2. The number of carboxylic acids is 1. The summed E-state index contributed by atoms with van der Waals surface area (Å²) in [4.78, 5) is 26.7. The van der Waals surface area contributed by atoms with Gasteiger partial charge in [-0.1, -0.05) is 37.3 Å². The molecule has 0 radical (unpaired) electrons. The highest BCUT2D eigenvalue weighted by molar-refractivity contribution is 5.95. The fourth-order valence-corrected chi connectivity index (χ4v) is 7.76. The monoisotopic (exact) mass is 500 g/mol. The molecule has 2 heterocycles. The third kappa shape index (κ3) is 6.49. The molecule has 6 nitrogen and oxygen atoms in total. The number of nitrogens with one attached hydrogen (secondary N) is 2. The van der Waals surface area contributed by atoms with Crippen LogP contribution in [0.15, 0.2) is 30.3 Å². The van der Waals surface area contributed by atoms with Crippen molar-refractivity contribution in [1.29, 1.82) is 0 Å². The van der Waals surface area contributed by atoms with Gasteiger partial charge >= 0.3 is 11.9 Å². The molecule has 202 valence electrons. The van der Waals surface area contributed by atoms with Gasteiger partial charge in [0.15, 0.2) is 5.92 Å². The molecule has 3 rings (SSSR count). The molecule has 2 aliphatic heterocycles. The van der Waals surface area contributed by atoms with Crippen molar-refractivity contribution >= 4 is 11.9 Å². The van der Waals surface area contributed by atoms with E-state index in [2.05, 4.69) is 72.9 Å². The predicted octanol–water partition coefficient (Wildman–Crippen LogP) is 5.55. The number of aliphatic carboxylic acids is 1. The molecule has 0 spiro atoms. The first-order valence-corrected chi connectivity index (χ1v) is 13.4. The van der Waals surface area contributed by atoms with Gasteiger partial charge in [-0.3, -0.25) is 9.59 Å². The fraction of sp³-hybridized carbons (Fsp3) is 0.733. The maximum absolute atomic E-state index is 13.7. The van der Waals surface area contributed by atoms with Gasteiger partial charge in [0.05, 0.1) is 0 Å². The van der Waals surface area contributed by atoms with E-state index in [4.69, 9.17) is 4.74 Å². The Morgan fingerprint density at radius 3 is 1.61 bits per heavy atom. The summed E-state index contributed by atoms with van der Waals surface area (Å²) in [7, 11) is 0. The highest BCUT2D eigenvalue weighted by Gasteiger charge is 2.59. The largest absolute Gasteiger partial charge is 0.481 e. The second-order valence-electron chi connectivity index (χ2n) is 14.2. The molecule has 0 bridgehead atoms. The van der Waals surface area contributed by atoms with E-state index in [1.165, 1.54) is 0 Å². The van der Waals surface area contributed by atoms with Gasteiger partial charge in [0.2, 0.25) is 0 Å². The quantitative estimate of drug-likeness (QED) is 0.336. The molecule has 2 fully saturated rings. The molecule has 6 heteroatoms. The Morgan fingerprint density at radius 1 is 0.861 bits per heavy atom. The lowest BCUT2D eigenvalue weighted by Crippen LogP contribution is -2.66. The maximum atomic E-state index is 13.7. The van der Waals surface area contributed by atoms with Gasteiger partial charge in [-0.25, -0.2) is 0 Å². The van der Waals surface area contributed by atoms with Crippen molar-refractivity contribution in [1.82, 2.24) is 10.6 Å². The highest BCUT2D eigenvalue weighted by Crippen LogP contribution is 2.56. The van der Waals surface area contributed by atoms with Gasteiger partial charge in [-0.15, -0.1) is 0 Å². The van der Waals surface area contributed by atoms with Crippen LogP contribution in [0.2, 0.25) is 0 Å². The van der Waals surface area contributed by atoms with Crippen LogP contribution in [0, 0.1) is 23.2 Å². The van der Waals surface area contributed by atoms with Crippen LogP contribution < -0.4 is 10.6 Å². The highest BCUT2D eigenvalue weighted by atomic mass is 16.5. The summed E-state index contributed by atoms with van der Waals surface area (Å²) >= 11 is 0. The van der Waals surface area contributed by atoms with Gasteiger partial charge in [-0.05, 0) is 104 Å². The second kappa shape index (κ2) is 9.75. The van der Waals surface area contributed by atoms with Crippen molar-refractivity contribution in [2.24, 2.45) is 23.2 Å². The molecule has 0 aromatic heterocycles. The van der Waals surface area contributed by atoms with Gasteiger partial charge in [0, 0.05) is 22.2 Å². The Morgan fingerprint density at radius 2 is 1.25 bits per heavy atom. The van der Waals surface area contributed by atoms with Crippen LogP contribution in [-0.4, -0.2) is 39.2 Å². The molecule has 1 aromatic rings. The molecule has 1 atom stereocenters. The van der Waals surface area contributed by atoms with Gasteiger partial charge < -0.3 is 20.5 Å². The Balaban J connectivity index is 2.07. The molecule has 1 aromatic carbocycles. The zero-order valence-electron chi connectivity index (χ0n) is 23.8. The number of carboxylic acid groups (broad SMARTS) is 1. The number of rotatable bonds is 7. The first kappa shape index (κ1) is 28.6. The topological polar surface area (TPSA) is 87.7 Å². The Kier molecular flexibility index (Phi) is 7.76. The van der Waals surface area contributed by atoms with Gasteiger partial charge in [0.1, 0.15) is 6.61 Å². The number of hydrogen-bond acceptors (Lipinski definition) is 5. The minimum Gasteiger partial charge on any atom is -0.481 e. The Labute approximate surface area is 218 Å². The van der Waals surface area contributed by atoms with Crippen LogP contribution in [0.1, 0.15) is 93.6 Å². The summed E-state index contributed by atoms with van der Waals surface area (Å²) in [6.07, 6.45) is 3.20. The zero-order chi connectivity index (χ0) is 27.2. The first-order chi connectivity index (χ1) is 16.4. The van der Waals surface area contributed by atoms with E-state index in [0.717, 1.165) is 31.2 Å². The lowest BCUT2D eigenvalue weighted by Gasteiger charge is -2.59. The van der Waals surface area contributed by atoms with Crippen molar-refractivity contribution < 1.29 is 19.4 Å². The van der Waals surface area contributed by atoms with Crippen molar-refractivity contribution in [3.63, 3.8) is 0 Å². The smallest absolute Gasteiger partial charge is 0.321 e. The third-order valence-corrected chi connectivity index (χ3v) is 8.47. The molecule has 2 saturated heterocycles. The van der Waals surface area contributed by atoms with Crippen LogP contribution in [0.3, 0.4) is 0 Å². The van der Waals surface area contributed by atoms with Crippen molar-refractivity contribution in [2.75, 3.05) is 0 Å². The molecule has 36 heavy (non-hydrogen) atoms. The first-order valence-electron chi connectivity index (χ1n) is 13.4. The van der Waals surface area contributed by atoms with Crippen molar-refractivity contribution in [3.05, 3.63) is 35.9 Å². The van der Waals surface area contributed by atoms with Gasteiger partial charge in [0.25, 0.3) is 0 Å². The summed E-state index contributed by atoms with van der Waals surface area (Å²) in [6.45, 7) is 19.6. The molecule has 3 N–H and O–H groups in total. The number of benzene rings is 1. The molecule has 0 aliphatic carbocycles. The number of carbonyl (C=O) groups excluding carboxylic acids is 1. The molecule has 2 aliphatic rings. The second-order valence-corrected chi connectivity index (χ2v) is 14.2. The molecule has 1 unspecified atom stereocenters. The maximum Gasteiger partial charge on any atom is 0.321 e. The summed E-state index contributed by atoms with van der Waals surface area (Å²) in [5.41, 5.74) is -0.645. The van der Waals surface area contributed by atoms with Crippen LogP contribution in [-0.2, 0) is 20.9 Å². The molecular weight excluding hydrogens is 452 g/mol. The minimum absolute atomic E-state index is 0.0313. The SMILES string of the molecule is CC1(C)CC(C(C)(C2CC(C)(C)NC(C)(C)C2)C(C(=O)O)C(=O)OCc2ccccc2)CC(C)(C)N1. The van der Waals surface area contributed by atoms with E-state index in [1.807, 2.05) is 30.3 Å². The van der Waals surface area contributed by atoms with E-state index in [-0.39, 0.29) is 40.6 Å².